The maximum absolute atomic E-state index is 4.82. The minimum atomic E-state index is 0.497. The molecule has 1 N–H and O–H groups in total. The normalized spacial score (nSPS) is 17.1. The number of likely N-dealkylation sites (N-methyl/N-ethyl adjacent to an activating group) is 1. The zero-order valence-corrected chi connectivity index (χ0v) is 20.9. The van der Waals surface area contributed by atoms with Crippen molar-refractivity contribution in [3.8, 4) is 0 Å². The van der Waals surface area contributed by atoms with Crippen LogP contribution in [-0.2, 0) is 6.42 Å². The fraction of sp³-hybridized carbons (Fsp3) is 0.480. The van der Waals surface area contributed by atoms with Crippen molar-refractivity contribution in [3.63, 3.8) is 0 Å². The van der Waals surface area contributed by atoms with Crippen molar-refractivity contribution >= 4 is 29.4 Å². The van der Waals surface area contributed by atoms with Crippen LogP contribution >= 0.6 is 0 Å². The van der Waals surface area contributed by atoms with E-state index in [0.29, 0.717) is 11.9 Å². The molecule has 1 aromatic carbocycles. The van der Waals surface area contributed by atoms with E-state index in [1.54, 1.807) is 0 Å². The van der Waals surface area contributed by atoms with Crippen molar-refractivity contribution < 1.29 is 0 Å². The summed E-state index contributed by atoms with van der Waals surface area (Å²) in [4.78, 5) is 32.7. The molecule has 0 radical (unpaired) electrons. The van der Waals surface area contributed by atoms with E-state index in [-0.39, 0.29) is 0 Å². The van der Waals surface area contributed by atoms with Crippen LogP contribution < -0.4 is 20.0 Å². The first-order valence-electron chi connectivity index (χ1n) is 12.4. The van der Waals surface area contributed by atoms with E-state index in [2.05, 4.69) is 84.2 Å². The van der Waals surface area contributed by atoms with Crippen molar-refractivity contribution in [3.05, 3.63) is 47.9 Å². The lowest BCUT2D eigenvalue weighted by molar-refractivity contribution is 0.311. The number of rotatable bonds is 6. The fourth-order valence-electron chi connectivity index (χ4n) is 4.47. The SMILES string of the molecule is CCc1nc(Nc2nc(C)cc(N3CCN(c4ccccc4)CC3)n2)nc(N2CCN(C)CC2)n1. The van der Waals surface area contributed by atoms with Crippen molar-refractivity contribution in [2.24, 2.45) is 0 Å². The molecule has 2 saturated heterocycles. The molecule has 0 spiro atoms. The van der Waals surface area contributed by atoms with Gasteiger partial charge in [0.15, 0.2) is 0 Å². The number of nitrogens with zero attached hydrogens (tertiary/aromatic N) is 9. The van der Waals surface area contributed by atoms with Gasteiger partial charge in [0.05, 0.1) is 0 Å². The summed E-state index contributed by atoms with van der Waals surface area (Å²) in [5, 5.41) is 3.26. The minimum absolute atomic E-state index is 0.497. The van der Waals surface area contributed by atoms with Gasteiger partial charge in [-0.25, -0.2) is 4.98 Å². The molecule has 2 aromatic heterocycles. The summed E-state index contributed by atoms with van der Waals surface area (Å²) >= 11 is 0. The molecule has 3 aromatic rings. The Kier molecular flexibility index (Phi) is 6.89. The first kappa shape index (κ1) is 23.2. The summed E-state index contributed by atoms with van der Waals surface area (Å²) in [5.74, 6) is 3.43. The Morgan fingerprint density at radius 1 is 0.743 bits per heavy atom. The number of aryl methyl sites for hydroxylation is 2. The number of piperazine rings is 2. The van der Waals surface area contributed by atoms with Gasteiger partial charge in [0, 0.05) is 76.2 Å². The average molecular weight is 475 g/mol. The molecule has 0 aliphatic carbocycles. The maximum atomic E-state index is 4.82. The van der Waals surface area contributed by atoms with Gasteiger partial charge in [0.2, 0.25) is 17.8 Å². The van der Waals surface area contributed by atoms with Gasteiger partial charge in [-0.1, -0.05) is 25.1 Å². The predicted octanol–water partition coefficient (Wildman–Crippen LogP) is 2.35. The number of nitrogens with one attached hydrogen (secondary N) is 1. The highest BCUT2D eigenvalue weighted by atomic mass is 15.4. The number of hydrogen-bond acceptors (Lipinski definition) is 10. The van der Waals surface area contributed by atoms with Gasteiger partial charge in [0.25, 0.3) is 0 Å². The zero-order chi connectivity index (χ0) is 24.2. The van der Waals surface area contributed by atoms with Crippen molar-refractivity contribution in [2.45, 2.75) is 20.3 Å². The predicted molar refractivity (Wildman–Crippen MR) is 140 cm³/mol. The van der Waals surface area contributed by atoms with Crippen LogP contribution in [0, 0.1) is 6.92 Å². The molecule has 0 saturated carbocycles. The average Bonchev–Trinajstić information content (AvgIpc) is 2.89. The fourth-order valence-corrected chi connectivity index (χ4v) is 4.47. The van der Waals surface area contributed by atoms with E-state index in [4.69, 9.17) is 9.97 Å². The largest absolute Gasteiger partial charge is 0.368 e. The third kappa shape index (κ3) is 5.59. The molecule has 35 heavy (non-hydrogen) atoms. The lowest BCUT2D eigenvalue weighted by atomic mass is 10.2. The van der Waals surface area contributed by atoms with E-state index in [9.17, 15) is 0 Å². The second kappa shape index (κ2) is 10.4. The maximum Gasteiger partial charge on any atom is 0.234 e. The van der Waals surface area contributed by atoms with Gasteiger partial charge in [-0.2, -0.15) is 19.9 Å². The first-order valence-corrected chi connectivity index (χ1v) is 12.4. The van der Waals surface area contributed by atoms with Crippen molar-refractivity contribution in [2.75, 3.05) is 79.4 Å². The van der Waals surface area contributed by atoms with Gasteiger partial charge in [-0.3, -0.25) is 5.32 Å². The number of anilines is 5. The third-order valence-electron chi connectivity index (χ3n) is 6.56. The summed E-state index contributed by atoms with van der Waals surface area (Å²) < 4.78 is 0. The van der Waals surface area contributed by atoms with E-state index < -0.39 is 0 Å². The topological polar surface area (TPSA) is 89.4 Å². The Balaban J connectivity index is 1.31. The Morgan fingerprint density at radius 2 is 1.40 bits per heavy atom. The number of benzene rings is 1. The lowest BCUT2D eigenvalue weighted by Crippen LogP contribution is -2.46. The molecular weight excluding hydrogens is 440 g/mol. The molecule has 2 aliphatic rings. The Bertz CT molecular complexity index is 1120. The van der Waals surface area contributed by atoms with E-state index >= 15 is 0 Å². The van der Waals surface area contributed by atoms with Crippen molar-refractivity contribution in [1.82, 2.24) is 29.8 Å². The molecular formula is C25H34N10. The van der Waals surface area contributed by atoms with Crippen LogP contribution in [0.5, 0.6) is 0 Å². The summed E-state index contributed by atoms with van der Waals surface area (Å²) in [5.41, 5.74) is 2.18. The molecule has 10 nitrogen and oxygen atoms in total. The molecule has 4 heterocycles. The molecule has 184 valence electrons. The lowest BCUT2D eigenvalue weighted by Gasteiger charge is -2.36. The van der Waals surface area contributed by atoms with E-state index in [0.717, 1.165) is 82.1 Å². The smallest absolute Gasteiger partial charge is 0.234 e. The van der Waals surface area contributed by atoms with Crippen LogP contribution in [0.15, 0.2) is 36.4 Å². The highest BCUT2D eigenvalue weighted by molar-refractivity contribution is 5.53. The quantitative estimate of drug-likeness (QED) is 0.574. The number of para-hydroxylation sites is 1. The van der Waals surface area contributed by atoms with Crippen LogP contribution in [0.4, 0.5) is 29.4 Å². The standard InChI is InChI=1S/C25H34N10/c1-4-21-27-24(31-25(28-21)35-12-10-32(3)11-13-35)30-23-26-19(2)18-22(29-23)34-16-14-33(15-17-34)20-8-6-5-7-9-20/h5-9,18H,4,10-17H2,1-3H3,(H,26,27,28,29,30,31). The molecule has 0 unspecified atom stereocenters. The number of aromatic nitrogens is 5. The van der Waals surface area contributed by atoms with E-state index in [1.165, 1.54) is 5.69 Å². The summed E-state index contributed by atoms with van der Waals surface area (Å²) in [6, 6.07) is 12.6. The van der Waals surface area contributed by atoms with E-state index in [1.807, 2.05) is 13.0 Å². The molecule has 2 fully saturated rings. The van der Waals surface area contributed by atoms with Gasteiger partial charge in [0.1, 0.15) is 11.6 Å². The second-order valence-electron chi connectivity index (χ2n) is 9.14. The zero-order valence-electron chi connectivity index (χ0n) is 20.9. The monoisotopic (exact) mass is 474 g/mol. The van der Waals surface area contributed by atoms with Gasteiger partial charge in [-0.05, 0) is 26.1 Å². The summed E-state index contributed by atoms with van der Waals surface area (Å²) in [6.45, 7) is 11.6. The Morgan fingerprint density at radius 3 is 2.11 bits per heavy atom. The molecule has 5 rings (SSSR count). The van der Waals surface area contributed by atoms with Crippen LogP contribution in [0.1, 0.15) is 18.4 Å². The molecule has 0 amide bonds. The highest BCUT2D eigenvalue weighted by Crippen LogP contribution is 2.22. The summed E-state index contributed by atoms with van der Waals surface area (Å²) in [6.07, 6.45) is 0.740. The second-order valence-corrected chi connectivity index (χ2v) is 9.14. The van der Waals surface area contributed by atoms with Gasteiger partial charge < -0.3 is 19.6 Å². The molecule has 2 aliphatic heterocycles. The highest BCUT2D eigenvalue weighted by Gasteiger charge is 2.21. The van der Waals surface area contributed by atoms with Crippen LogP contribution in [0.2, 0.25) is 0 Å². The molecule has 0 atom stereocenters. The van der Waals surface area contributed by atoms with Gasteiger partial charge >= 0.3 is 0 Å². The summed E-state index contributed by atoms with van der Waals surface area (Å²) in [7, 11) is 2.14. The number of hydrogen-bond donors (Lipinski definition) is 1. The van der Waals surface area contributed by atoms with Crippen molar-refractivity contribution in [1.29, 1.82) is 0 Å². The minimum Gasteiger partial charge on any atom is -0.368 e. The Labute approximate surface area is 207 Å². The third-order valence-corrected chi connectivity index (χ3v) is 6.56. The Hall–Kier alpha value is -3.53. The van der Waals surface area contributed by atoms with Crippen LogP contribution in [0.25, 0.3) is 0 Å². The molecule has 10 heteroatoms. The van der Waals surface area contributed by atoms with Crippen LogP contribution in [-0.4, -0.2) is 89.2 Å². The first-order chi connectivity index (χ1) is 17.1. The van der Waals surface area contributed by atoms with Crippen LogP contribution in [0.3, 0.4) is 0 Å². The van der Waals surface area contributed by atoms with Gasteiger partial charge in [-0.15, -0.1) is 0 Å². The molecule has 0 bridgehead atoms.